The van der Waals surface area contributed by atoms with Gasteiger partial charge in [0.05, 0.1) is 42.8 Å². The molecule has 0 saturated carbocycles. The van der Waals surface area contributed by atoms with E-state index in [-0.39, 0.29) is 0 Å². The summed E-state index contributed by atoms with van der Waals surface area (Å²) in [5.74, 6) is 0.651. The van der Waals surface area contributed by atoms with Gasteiger partial charge in [0.25, 0.3) is 0 Å². The number of anilines is 3. The minimum absolute atomic E-state index is 0.630. The average molecular weight is 350 g/mol. The number of rotatable bonds is 7. The Hall–Kier alpha value is -2.93. The Morgan fingerprint density at radius 3 is 2.92 bits per heavy atom. The number of ether oxygens (including phenoxy) is 1. The summed E-state index contributed by atoms with van der Waals surface area (Å²) >= 11 is 0. The van der Waals surface area contributed by atoms with Crippen molar-refractivity contribution in [1.29, 1.82) is 0 Å². The predicted octanol–water partition coefficient (Wildman–Crippen LogP) is 2.63. The van der Waals surface area contributed by atoms with Crippen LogP contribution in [0.4, 0.5) is 17.3 Å². The molecule has 0 spiro atoms. The van der Waals surface area contributed by atoms with Crippen molar-refractivity contribution in [3.8, 4) is 0 Å². The van der Waals surface area contributed by atoms with Crippen LogP contribution in [-0.4, -0.2) is 39.8 Å². The zero-order chi connectivity index (χ0) is 17.8. The fourth-order valence-electron chi connectivity index (χ4n) is 3.18. The summed E-state index contributed by atoms with van der Waals surface area (Å²) in [5, 5.41) is 3.31. The van der Waals surface area contributed by atoms with E-state index in [1.54, 1.807) is 7.11 Å². The van der Waals surface area contributed by atoms with Crippen LogP contribution in [-0.2, 0) is 24.2 Å². The molecule has 134 valence electrons. The first kappa shape index (κ1) is 16.5. The lowest BCUT2D eigenvalue weighted by molar-refractivity contribution is 0.186. The summed E-state index contributed by atoms with van der Waals surface area (Å²) in [6.07, 6.45) is 6.50. The maximum Gasteiger partial charge on any atom is 0.223 e. The van der Waals surface area contributed by atoms with Crippen LogP contribution >= 0.6 is 0 Å². The molecule has 0 atom stereocenters. The van der Waals surface area contributed by atoms with Crippen LogP contribution in [0.2, 0.25) is 0 Å². The van der Waals surface area contributed by atoms with Crippen molar-refractivity contribution in [1.82, 2.24) is 19.5 Å². The topological polar surface area (TPSA) is 68.1 Å². The highest BCUT2D eigenvalue weighted by Crippen LogP contribution is 2.33. The molecule has 0 unspecified atom stereocenters. The zero-order valence-corrected chi connectivity index (χ0v) is 14.8. The number of imidazole rings is 1. The molecule has 7 heteroatoms. The number of para-hydroxylation sites is 1. The zero-order valence-electron chi connectivity index (χ0n) is 14.8. The minimum atomic E-state index is 0.630. The van der Waals surface area contributed by atoms with Gasteiger partial charge in [0.15, 0.2) is 0 Å². The van der Waals surface area contributed by atoms with Gasteiger partial charge in [0.2, 0.25) is 5.95 Å². The van der Waals surface area contributed by atoms with Gasteiger partial charge in [0, 0.05) is 38.5 Å². The molecule has 1 aliphatic rings. The van der Waals surface area contributed by atoms with Crippen LogP contribution in [0.5, 0.6) is 0 Å². The fourth-order valence-corrected chi connectivity index (χ4v) is 3.18. The second-order valence-electron chi connectivity index (χ2n) is 6.19. The van der Waals surface area contributed by atoms with Gasteiger partial charge in [0.1, 0.15) is 0 Å². The van der Waals surface area contributed by atoms with E-state index in [1.807, 2.05) is 24.8 Å². The van der Waals surface area contributed by atoms with Gasteiger partial charge in [-0.1, -0.05) is 18.2 Å². The Bertz CT molecular complexity index is 863. The number of nitrogens with one attached hydrogen (secondary N) is 1. The number of hydrogen-bond acceptors (Lipinski definition) is 6. The SMILES string of the molecule is COCCn1cncc1CNc1ncc2c(n1)CCN2c1ccccc1. The lowest BCUT2D eigenvalue weighted by Gasteiger charge is -2.18. The number of methoxy groups -OCH3 is 1. The normalized spacial score (nSPS) is 13.0. The summed E-state index contributed by atoms with van der Waals surface area (Å²) < 4.78 is 7.20. The summed E-state index contributed by atoms with van der Waals surface area (Å²) in [6, 6.07) is 10.4. The van der Waals surface area contributed by atoms with E-state index in [2.05, 4.69) is 49.0 Å². The first-order valence-corrected chi connectivity index (χ1v) is 8.75. The van der Waals surface area contributed by atoms with Crippen molar-refractivity contribution < 1.29 is 4.74 Å². The largest absolute Gasteiger partial charge is 0.383 e. The van der Waals surface area contributed by atoms with Gasteiger partial charge in [-0.2, -0.15) is 0 Å². The van der Waals surface area contributed by atoms with Crippen LogP contribution < -0.4 is 10.2 Å². The molecule has 1 N–H and O–H groups in total. The molecule has 0 saturated heterocycles. The highest BCUT2D eigenvalue weighted by Gasteiger charge is 2.22. The molecule has 3 aromatic rings. The first-order valence-electron chi connectivity index (χ1n) is 8.75. The molecule has 0 radical (unpaired) electrons. The van der Waals surface area contributed by atoms with Crippen molar-refractivity contribution in [2.75, 3.05) is 30.5 Å². The van der Waals surface area contributed by atoms with Crippen LogP contribution in [0.15, 0.2) is 49.1 Å². The predicted molar refractivity (Wildman–Crippen MR) is 101 cm³/mol. The second-order valence-corrected chi connectivity index (χ2v) is 6.19. The Kier molecular flexibility index (Phi) is 4.79. The van der Waals surface area contributed by atoms with Gasteiger partial charge >= 0.3 is 0 Å². The highest BCUT2D eigenvalue weighted by atomic mass is 16.5. The number of fused-ring (bicyclic) bond motifs is 1. The molecule has 26 heavy (non-hydrogen) atoms. The van der Waals surface area contributed by atoms with Crippen molar-refractivity contribution >= 4 is 17.3 Å². The first-order chi connectivity index (χ1) is 12.8. The average Bonchev–Trinajstić information content (AvgIpc) is 3.31. The van der Waals surface area contributed by atoms with Crippen molar-refractivity contribution in [3.05, 3.63) is 60.4 Å². The summed E-state index contributed by atoms with van der Waals surface area (Å²) in [6.45, 7) is 3.00. The molecule has 0 bridgehead atoms. The number of nitrogens with zero attached hydrogens (tertiary/aromatic N) is 5. The van der Waals surface area contributed by atoms with Gasteiger partial charge in [-0.3, -0.25) is 0 Å². The molecule has 0 amide bonds. The Labute approximate surface area is 152 Å². The van der Waals surface area contributed by atoms with E-state index in [0.717, 1.165) is 36.6 Å². The third-order valence-corrected chi connectivity index (χ3v) is 4.54. The smallest absolute Gasteiger partial charge is 0.223 e. The maximum atomic E-state index is 5.13. The van der Waals surface area contributed by atoms with Crippen LogP contribution in [0.3, 0.4) is 0 Å². The van der Waals surface area contributed by atoms with E-state index in [4.69, 9.17) is 9.72 Å². The lowest BCUT2D eigenvalue weighted by atomic mass is 10.3. The van der Waals surface area contributed by atoms with Gasteiger partial charge in [-0.15, -0.1) is 0 Å². The quantitative estimate of drug-likeness (QED) is 0.706. The van der Waals surface area contributed by atoms with Gasteiger partial charge in [-0.05, 0) is 12.1 Å². The molecular formula is C19H22N6O. The van der Waals surface area contributed by atoms with Crippen LogP contribution in [0.25, 0.3) is 0 Å². The summed E-state index contributed by atoms with van der Waals surface area (Å²) in [5.41, 5.74) is 4.43. The second kappa shape index (κ2) is 7.53. The number of hydrogen-bond donors (Lipinski definition) is 1. The Morgan fingerprint density at radius 2 is 2.08 bits per heavy atom. The molecular weight excluding hydrogens is 328 g/mol. The molecule has 2 aromatic heterocycles. The van der Waals surface area contributed by atoms with Crippen molar-refractivity contribution in [3.63, 3.8) is 0 Å². The molecule has 0 aliphatic carbocycles. The number of benzene rings is 1. The Morgan fingerprint density at radius 1 is 1.19 bits per heavy atom. The maximum absolute atomic E-state index is 5.13. The molecule has 1 aliphatic heterocycles. The van der Waals surface area contributed by atoms with Gasteiger partial charge < -0.3 is 19.5 Å². The highest BCUT2D eigenvalue weighted by molar-refractivity contribution is 5.68. The van der Waals surface area contributed by atoms with Crippen molar-refractivity contribution in [2.24, 2.45) is 0 Å². The van der Waals surface area contributed by atoms with E-state index >= 15 is 0 Å². The molecule has 7 nitrogen and oxygen atoms in total. The summed E-state index contributed by atoms with van der Waals surface area (Å²) in [7, 11) is 1.70. The summed E-state index contributed by atoms with van der Waals surface area (Å²) in [4.78, 5) is 15.7. The fraction of sp³-hybridized carbons (Fsp3) is 0.316. The third-order valence-electron chi connectivity index (χ3n) is 4.54. The number of aromatic nitrogens is 4. The molecule has 1 aromatic carbocycles. The van der Waals surface area contributed by atoms with Crippen molar-refractivity contribution in [2.45, 2.75) is 19.5 Å². The van der Waals surface area contributed by atoms with E-state index < -0.39 is 0 Å². The van der Waals surface area contributed by atoms with Crippen LogP contribution in [0.1, 0.15) is 11.4 Å². The molecule has 3 heterocycles. The van der Waals surface area contributed by atoms with E-state index in [9.17, 15) is 0 Å². The molecule has 0 fully saturated rings. The van der Waals surface area contributed by atoms with Gasteiger partial charge in [-0.25, -0.2) is 15.0 Å². The Balaban J connectivity index is 1.45. The van der Waals surface area contributed by atoms with Crippen LogP contribution in [0, 0.1) is 0 Å². The lowest BCUT2D eigenvalue weighted by Crippen LogP contribution is -2.13. The standard InChI is InChI=1S/C19H22N6O/c1-26-10-9-24-14-20-11-16(24)12-21-19-22-13-18-17(23-19)7-8-25(18)15-5-3-2-4-6-15/h2-6,11,13-14H,7-10,12H2,1H3,(H,21,22,23). The third kappa shape index (κ3) is 3.39. The molecule has 4 rings (SSSR count). The minimum Gasteiger partial charge on any atom is -0.383 e. The van der Waals surface area contributed by atoms with E-state index in [1.165, 1.54) is 5.69 Å². The van der Waals surface area contributed by atoms with E-state index in [0.29, 0.717) is 19.1 Å². The monoisotopic (exact) mass is 350 g/mol.